The Kier molecular flexibility index (Phi) is 9.81. The molecule has 70 heavy (non-hydrogen) atoms. The SMILES string of the molecule is CC(C)(C)c1ccc(N(c2cccc(-c3cccc4ccccc34)c2)c2ccc3c(c2)N(c2ccccc2)c2cncc4c2B3c2ccccc2N4c2ccccc2)c(-c2cccc3ccccc23)c1. The van der Waals surface area contributed by atoms with Crippen molar-refractivity contribution < 1.29 is 0 Å². The van der Waals surface area contributed by atoms with Gasteiger partial charge in [0.15, 0.2) is 0 Å². The Labute approximate surface area is 410 Å². The summed E-state index contributed by atoms with van der Waals surface area (Å²) >= 11 is 0. The number of hydrogen-bond donors (Lipinski definition) is 0. The maximum Gasteiger partial charge on any atom is 0.252 e. The van der Waals surface area contributed by atoms with Crippen molar-refractivity contribution in [3.05, 3.63) is 248 Å². The first kappa shape index (κ1) is 41.5. The van der Waals surface area contributed by atoms with E-state index in [1.165, 1.54) is 65.9 Å². The van der Waals surface area contributed by atoms with Crippen molar-refractivity contribution in [2.45, 2.75) is 26.2 Å². The number of anilines is 9. The van der Waals surface area contributed by atoms with E-state index in [0.29, 0.717) is 0 Å². The molecule has 0 N–H and O–H groups in total. The summed E-state index contributed by atoms with van der Waals surface area (Å²) in [5.74, 6) is 0. The standard InChI is InChI=1S/C65H49BN4/c1-65(2,3)47-35-38-59(56(40-47)55-32-18-22-45-20-11-13-30-53(45)55)68(50-28-16-23-46(39-50)54-31-17-21-44-19-10-12-29-52(44)54)51-36-37-58-61(41-51)70(49-26-8-5-9-27-49)63-43-67-42-62-64(63)66(58)57-33-14-15-34-60(57)69(62)48-24-6-4-7-25-48/h4-43H,1-3H3. The van der Waals surface area contributed by atoms with Gasteiger partial charge >= 0.3 is 0 Å². The molecule has 11 aromatic rings. The first-order valence-corrected chi connectivity index (χ1v) is 24.3. The molecule has 0 aliphatic carbocycles. The van der Waals surface area contributed by atoms with Gasteiger partial charge in [-0.3, -0.25) is 4.98 Å². The average Bonchev–Trinajstić information content (AvgIpc) is 3.41. The van der Waals surface area contributed by atoms with E-state index in [2.05, 4.69) is 278 Å². The summed E-state index contributed by atoms with van der Waals surface area (Å²) in [6.07, 6.45) is 4.12. The summed E-state index contributed by atoms with van der Waals surface area (Å²) in [4.78, 5) is 12.4. The predicted molar refractivity (Wildman–Crippen MR) is 298 cm³/mol. The van der Waals surface area contributed by atoms with Crippen LogP contribution in [-0.4, -0.2) is 11.7 Å². The molecule has 332 valence electrons. The third kappa shape index (κ3) is 6.80. The van der Waals surface area contributed by atoms with Crippen LogP contribution in [0.4, 0.5) is 51.2 Å². The van der Waals surface area contributed by atoms with Gasteiger partial charge in [0.2, 0.25) is 0 Å². The van der Waals surface area contributed by atoms with Gasteiger partial charge in [0.05, 0.1) is 29.5 Å². The minimum Gasteiger partial charge on any atom is -0.310 e. The highest BCUT2D eigenvalue weighted by atomic mass is 15.2. The molecule has 0 radical (unpaired) electrons. The van der Waals surface area contributed by atoms with Gasteiger partial charge in [0, 0.05) is 39.7 Å². The van der Waals surface area contributed by atoms with Gasteiger partial charge in [-0.25, -0.2) is 0 Å². The summed E-state index contributed by atoms with van der Waals surface area (Å²) in [5, 5.41) is 4.90. The monoisotopic (exact) mass is 896 g/mol. The summed E-state index contributed by atoms with van der Waals surface area (Å²) in [5.41, 5.74) is 19.6. The molecule has 0 saturated heterocycles. The van der Waals surface area contributed by atoms with Gasteiger partial charge < -0.3 is 14.7 Å². The number of nitrogens with zero attached hydrogens (tertiary/aromatic N) is 4. The highest BCUT2D eigenvalue weighted by molar-refractivity contribution is 7.00. The zero-order valence-electron chi connectivity index (χ0n) is 39.5. The van der Waals surface area contributed by atoms with Gasteiger partial charge in [0.25, 0.3) is 6.71 Å². The van der Waals surface area contributed by atoms with E-state index < -0.39 is 0 Å². The zero-order valence-corrected chi connectivity index (χ0v) is 39.5. The zero-order chi connectivity index (χ0) is 46.9. The lowest BCUT2D eigenvalue weighted by molar-refractivity contribution is 0.590. The van der Waals surface area contributed by atoms with Crippen LogP contribution < -0.4 is 31.1 Å². The van der Waals surface area contributed by atoms with Crippen molar-refractivity contribution in [1.29, 1.82) is 0 Å². The Morgan fingerprint density at radius 1 is 0.414 bits per heavy atom. The lowest BCUT2D eigenvalue weighted by Crippen LogP contribution is -2.61. The molecule has 2 aliphatic rings. The number of pyridine rings is 1. The summed E-state index contributed by atoms with van der Waals surface area (Å²) < 4.78 is 0. The molecule has 5 heteroatoms. The Hall–Kier alpha value is -8.67. The number of para-hydroxylation sites is 3. The second kappa shape index (κ2) is 16.5. The van der Waals surface area contributed by atoms with E-state index in [4.69, 9.17) is 4.98 Å². The van der Waals surface area contributed by atoms with Gasteiger partial charge in [-0.05, 0) is 132 Å². The molecular formula is C65H49BN4. The molecule has 4 nitrogen and oxygen atoms in total. The number of rotatable bonds is 7. The smallest absolute Gasteiger partial charge is 0.252 e. The fourth-order valence-corrected chi connectivity index (χ4v) is 11.2. The molecule has 10 aromatic carbocycles. The summed E-state index contributed by atoms with van der Waals surface area (Å²) in [6, 6.07) is 84.7. The van der Waals surface area contributed by atoms with Crippen LogP contribution in [0.2, 0.25) is 0 Å². The largest absolute Gasteiger partial charge is 0.310 e. The van der Waals surface area contributed by atoms with E-state index >= 15 is 0 Å². The van der Waals surface area contributed by atoms with Crippen molar-refractivity contribution >= 4 is 95.8 Å². The van der Waals surface area contributed by atoms with Crippen LogP contribution >= 0.6 is 0 Å². The van der Waals surface area contributed by atoms with Gasteiger partial charge in [0.1, 0.15) is 0 Å². The fraction of sp³-hybridized carbons (Fsp3) is 0.0615. The number of hydrogen-bond acceptors (Lipinski definition) is 4. The van der Waals surface area contributed by atoms with Crippen molar-refractivity contribution in [2.24, 2.45) is 0 Å². The molecule has 0 spiro atoms. The Bertz CT molecular complexity index is 3790. The number of benzene rings is 10. The first-order chi connectivity index (χ1) is 34.4. The third-order valence-electron chi connectivity index (χ3n) is 14.4. The second-order valence-electron chi connectivity index (χ2n) is 19.6. The maximum absolute atomic E-state index is 5.05. The maximum atomic E-state index is 5.05. The third-order valence-corrected chi connectivity index (χ3v) is 14.4. The van der Waals surface area contributed by atoms with Crippen LogP contribution in [0.15, 0.2) is 243 Å². The van der Waals surface area contributed by atoms with Crippen molar-refractivity contribution in [1.82, 2.24) is 4.98 Å². The van der Waals surface area contributed by atoms with Gasteiger partial charge in [-0.1, -0.05) is 185 Å². The molecule has 0 bridgehead atoms. The van der Waals surface area contributed by atoms with Crippen LogP contribution in [0.3, 0.4) is 0 Å². The van der Waals surface area contributed by atoms with Gasteiger partial charge in [-0.2, -0.15) is 0 Å². The Morgan fingerprint density at radius 3 is 1.67 bits per heavy atom. The lowest BCUT2D eigenvalue weighted by atomic mass is 9.33. The average molecular weight is 897 g/mol. The molecule has 0 saturated carbocycles. The summed E-state index contributed by atoms with van der Waals surface area (Å²) in [7, 11) is 0. The van der Waals surface area contributed by atoms with Crippen molar-refractivity contribution in [3.63, 3.8) is 0 Å². The molecule has 3 heterocycles. The van der Waals surface area contributed by atoms with Crippen molar-refractivity contribution in [2.75, 3.05) is 14.7 Å². The van der Waals surface area contributed by atoms with E-state index in [0.717, 1.165) is 51.1 Å². The van der Waals surface area contributed by atoms with Crippen LogP contribution in [0.1, 0.15) is 26.3 Å². The van der Waals surface area contributed by atoms with Crippen LogP contribution in [0.5, 0.6) is 0 Å². The van der Waals surface area contributed by atoms with Crippen LogP contribution in [0, 0.1) is 0 Å². The molecule has 13 rings (SSSR count). The van der Waals surface area contributed by atoms with E-state index in [9.17, 15) is 0 Å². The number of aromatic nitrogens is 1. The van der Waals surface area contributed by atoms with Gasteiger partial charge in [-0.15, -0.1) is 0 Å². The minimum atomic E-state index is -0.0777. The highest BCUT2D eigenvalue weighted by Gasteiger charge is 2.43. The van der Waals surface area contributed by atoms with Crippen LogP contribution in [-0.2, 0) is 5.41 Å². The molecule has 0 fully saturated rings. The molecule has 0 atom stereocenters. The second-order valence-corrected chi connectivity index (χ2v) is 19.6. The number of fused-ring (bicyclic) bond motifs is 6. The molecule has 0 amide bonds. The Morgan fingerprint density at radius 2 is 0.971 bits per heavy atom. The topological polar surface area (TPSA) is 22.6 Å². The molecule has 2 aliphatic heterocycles. The van der Waals surface area contributed by atoms with E-state index in [1.54, 1.807) is 0 Å². The van der Waals surface area contributed by atoms with Crippen molar-refractivity contribution in [3.8, 4) is 22.3 Å². The first-order valence-electron chi connectivity index (χ1n) is 24.3. The Balaban J connectivity index is 1.09. The fourth-order valence-electron chi connectivity index (χ4n) is 11.2. The molecular weight excluding hydrogens is 848 g/mol. The molecule has 1 aromatic heterocycles. The summed E-state index contributed by atoms with van der Waals surface area (Å²) in [6.45, 7) is 6.89. The lowest BCUT2D eigenvalue weighted by Gasteiger charge is -2.44. The highest BCUT2D eigenvalue weighted by Crippen LogP contribution is 2.49. The van der Waals surface area contributed by atoms with E-state index in [1.807, 2.05) is 0 Å². The normalized spacial score (nSPS) is 12.7. The van der Waals surface area contributed by atoms with E-state index in [-0.39, 0.29) is 12.1 Å². The minimum absolute atomic E-state index is 0.0337. The molecule has 0 unspecified atom stereocenters. The predicted octanol–water partition coefficient (Wildman–Crippen LogP) is 15.6. The quantitative estimate of drug-likeness (QED) is 0.149. The van der Waals surface area contributed by atoms with Crippen LogP contribution in [0.25, 0.3) is 43.8 Å².